The van der Waals surface area contributed by atoms with Gasteiger partial charge in [0.25, 0.3) is 0 Å². The van der Waals surface area contributed by atoms with E-state index in [0.29, 0.717) is 26.2 Å². The lowest BCUT2D eigenvalue weighted by molar-refractivity contribution is 0.280. The first-order valence-corrected chi connectivity index (χ1v) is 11.8. The monoisotopic (exact) mass is 464 g/mol. The molecule has 0 aromatic heterocycles. The number of hydrogen-bond acceptors (Lipinski definition) is 6. The highest BCUT2D eigenvalue weighted by atomic mass is 16.3. The van der Waals surface area contributed by atoms with Gasteiger partial charge in [-0.3, -0.25) is 0 Å². The van der Waals surface area contributed by atoms with Crippen molar-refractivity contribution in [1.29, 1.82) is 0 Å². The quantitative estimate of drug-likeness (QED) is 0.291. The molecule has 0 aliphatic heterocycles. The van der Waals surface area contributed by atoms with E-state index in [0.717, 1.165) is 22.5 Å². The fourth-order valence-corrected chi connectivity index (χ4v) is 4.31. The average molecular weight is 465 g/mol. The van der Waals surface area contributed by atoms with Crippen molar-refractivity contribution in [1.82, 2.24) is 0 Å². The Labute approximate surface area is 202 Å². The van der Waals surface area contributed by atoms with E-state index in [1.165, 1.54) is 11.1 Å². The van der Waals surface area contributed by atoms with Crippen molar-refractivity contribution in [2.24, 2.45) is 0 Å². The highest BCUT2D eigenvalue weighted by Crippen LogP contribution is 2.34. The molecule has 0 saturated carbocycles. The molecular formula is C28H36N2O4. The summed E-state index contributed by atoms with van der Waals surface area (Å²) in [6, 6.07) is 25.2. The van der Waals surface area contributed by atoms with E-state index in [1.807, 2.05) is 34.1 Å². The molecule has 0 spiro atoms. The van der Waals surface area contributed by atoms with E-state index in [2.05, 4.69) is 55.5 Å². The van der Waals surface area contributed by atoms with Crippen LogP contribution in [-0.2, 0) is 0 Å². The summed E-state index contributed by atoms with van der Waals surface area (Å²) in [7, 11) is 0. The van der Waals surface area contributed by atoms with Crippen molar-refractivity contribution in [3.63, 3.8) is 0 Å². The standard InChI is InChI=1S/C28H36N2O4/c1-22-2-4-23(5-3-22)28(24-6-10-26(11-7-24)29(14-18-31)15-19-32)25-8-12-27(13-9-25)30(16-20-33)17-21-34/h2-13,28,31-34H,14-21H2,1H3. The fourth-order valence-electron chi connectivity index (χ4n) is 4.31. The van der Waals surface area contributed by atoms with Gasteiger partial charge in [0.05, 0.1) is 26.4 Å². The Bertz CT molecular complexity index is 903. The van der Waals surface area contributed by atoms with Gasteiger partial charge in [-0.25, -0.2) is 0 Å². The smallest absolute Gasteiger partial charge is 0.0606 e. The topological polar surface area (TPSA) is 87.4 Å². The van der Waals surface area contributed by atoms with Crippen molar-refractivity contribution >= 4 is 11.4 Å². The summed E-state index contributed by atoms with van der Waals surface area (Å²) >= 11 is 0. The van der Waals surface area contributed by atoms with Gasteiger partial charge in [0.2, 0.25) is 0 Å². The molecule has 0 saturated heterocycles. The Morgan fingerprint density at radius 2 is 0.794 bits per heavy atom. The van der Waals surface area contributed by atoms with Gasteiger partial charge in [0, 0.05) is 43.5 Å². The van der Waals surface area contributed by atoms with Crippen molar-refractivity contribution in [3.8, 4) is 0 Å². The SMILES string of the molecule is Cc1ccc(C(c2ccc(N(CCO)CCO)cc2)c2ccc(N(CCO)CCO)cc2)cc1. The molecule has 3 rings (SSSR count). The zero-order valence-corrected chi connectivity index (χ0v) is 19.8. The second-order valence-corrected chi connectivity index (χ2v) is 8.40. The molecule has 3 aromatic rings. The van der Waals surface area contributed by atoms with Crippen molar-refractivity contribution in [3.05, 3.63) is 95.1 Å². The number of aryl methyl sites for hydroxylation is 1. The van der Waals surface area contributed by atoms with Crippen LogP contribution >= 0.6 is 0 Å². The molecule has 34 heavy (non-hydrogen) atoms. The third-order valence-corrected chi connectivity index (χ3v) is 6.07. The molecule has 0 radical (unpaired) electrons. The minimum Gasteiger partial charge on any atom is -0.395 e. The first kappa shape index (κ1) is 25.7. The van der Waals surface area contributed by atoms with Crippen LogP contribution in [0, 0.1) is 6.92 Å². The molecule has 6 nitrogen and oxygen atoms in total. The average Bonchev–Trinajstić information content (AvgIpc) is 2.86. The summed E-state index contributed by atoms with van der Waals surface area (Å²) in [5.74, 6) is 0.0389. The van der Waals surface area contributed by atoms with E-state index in [9.17, 15) is 20.4 Å². The summed E-state index contributed by atoms with van der Waals surface area (Å²) in [4.78, 5) is 3.94. The molecule has 3 aromatic carbocycles. The number of hydrogen-bond donors (Lipinski definition) is 4. The third-order valence-electron chi connectivity index (χ3n) is 6.07. The summed E-state index contributed by atoms with van der Waals surface area (Å²) in [6.07, 6.45) is 0. The molecule has 0 bridgehead atoms. The van der Waals surface area contributed by atoms with E-state index in [-0.39, 0.29) is 32.3 Å². The lowest BCUT2D eigenvalue weighted by Gasteiger charge is -2.26. The number of aliphatic hydroxyl groups excluding tert-OH is 4. The van der Waals surface area contributed by atoms with Crippen molar-refractivity contribution in [2.75, 3.05) is 62.4 Å². The molecule has 0 unspecified atom stereocenters. The molecule has 4 N–H and O–H groups in total. The summed E-state index contributed by atoms with van der Waals surface area (Å²) < 4.78 is 0. The van der Waals surface area contributed by atoms with Crippen LogP contribution in [0.25, 0.3) is 0 Å². The third kappa shape index (κ3) is 6.58. The maximum Gasteiger partial charge on any atom is 0.0606 e. The fraction of sp³-hybridized carbons (Fsp3) is 0.357. The molecule has 0 aliphatic rings. The van der Waals surface area contributed by atoms with Crippen LogP contribution in [0.4, 0.5) is 11.4 Å². The van der Waals surface area contributed by atoms with Gasteiger partial charge < -0.3 is 30.2 Å². The second kappa shape index (κ2) is 13.1. The maximum absolute atomic E-state index is 9.36. The zero-order chi connectivity index (χ0) is 24.3. The van der Waals surface area contributed by atoms with Gasteiger partial charge in [-0.05, 0) is 47.9 Å². The Morgan fingerprint density at radius 1 is 0.500 bits per heavy atom. The maximum atomic E-state index is 9.36. The first-order valence-electron chi connectivity index (χ1n) is 11.8. The summed E-state index contributed by atoms with van der Waals surface area (Å²) in [5.41, 5.74) is 6.63. The minimum atomic E-state index is 0.0314. The van der Waals surface area contributed by atoms with Crippen LogP contribution in [0.3, 0.4) is 0 Å². The number of nitrogens with zero attached hydrogens (tertiary/aromatic N) is 2. The van der Waals surface area contributed by atoms with Crippen LogP contribution in [-0.4, -0.2) is 73.0 Å². The van der Waals surface area contributed by atoms with E-state index in [1.54, 1.807) is 0 Å². The molecule has 182 valence electrons. The Kier molecular flexibility index (Phi) is 9.91. The molecule has 0 atom stereocenters. The predicted octanol–water partition coefficient (Wildman–Crippen LogP) is 2.76. The highest BCUT2D eigenvalue weighted by molar-refractivity contribution is 5.54. The molecule has 0 aliphatic carbocycles. The lowest BCUT2D eigenvalue weighted by Crippen LogP contribution is -2.29. The molecular weight excluding hydrogens is 428 g/mol. The van der Waals surface area contributed by atoms with Gasteiger partial charge in [-0.15, -0.1) is 0 Å². The van der Waals surface area contributed by atoms with Crippen molar-refractivity contribution < 1.29 is 20.4 Å². The van der Waals surface area contributed by atoms with E-state index in [4.69, 9.17) is 0 Å². The highest BCUT2D eigenvalue weighted by Gasteiger charge is 2.18. The number of anilines is 2. The largest absolute Gasteiger partial charge is 0.395 e. The van der Waals surface area contributed by atoms with Gasteiger partial charge >= 0.3 is 0 Å². The van der Waals surface area contributed by atoms with Crippen LogP contribution in [0.15, 0.2) is 72.8 Å². The normalized spacial score (nSPS) is 11.1. The Morgan fingerprint density at radius 3 is 1.09 bits per heavy atom. The number of benzene rings is 3. The predicted molar refractivity (Wildman–Crippen MR) is 138 cm³/mol. The van der Waals surface area contributed by atoms with Crippen molar-refractivity contribution in [2.45, 2.75) is 12.8 Å². The summed E-state index contributed by atoms with van der Waals surface area (Å²) in [6.45, 7) is 4.10. The number of rotatable bonds is 13. The molecule has 0 fully saturated rings. The van der Waals surface area contributed by atoms with Gasteiger partial charge in [-0.1, -0.05) is 54.1 Å². The van der Waals surface area contributed by atoms with Gasteiger partial charge in [0.1, 0.15) is 0 Å². The van der Waals surface area contributed by atoms with Gasteiger partial charge in [0.15, 0.2) is 0 Å². The lowest BCUT2D eigenvalue weighted by atomic mass is 9.84. The van der Waals surface area contributed by atoms with Crippen LogP contribution in [0.5, 0.6) is 0 Å². The van der Waals surface area contributed by atoms with Crippen LogP contribution in [0.1, 0.15) is 28.2 Å². The van der Waals surface area contributed by atoms with Crippen LogP contribution in [0.2, 0.25) is 0 Å². The van der Waals surface area contributed by atoms with Gasteiger partial charge in [-0.2, -0.15) is 0 Å². The second-order valence-electron chi connectivity index (χ2n) is 8.40. The molecule has 0 amide bonds. The first-order chi connectivity index (χ1) is 16.6. The van der Waals surface area contributed by atoms with E-state index < -0.39 is 0 Å². The Balaban J connectivity index is 1.96. The minimum absolute atomic E-state index is 0.0314. The zero-order valence-electron chi connectivity index (χ0n) is 19.8. The van der Waals surface area contributed by atoms with Crippen LogP contribution < -0.4 is 9.80 Å². The van der Waals surface area contributed by atoms with E-state index >= 15 is 0 Å². The molecule has 0 heterocycles. The Hall–Kier alpha value is -2.90. The summed E-state index contributed by atoms with van der Waals surface area (Å²) in [5, 5.41) is 37.4. The molecule has 6 heteroatoms. The number of aliphatic hydroxyl groups is 4.